The Bertz CT molecular complexity index is 614. The van der Waals surface area contributed by atoms with Crippen LogP contribution in [0.4, 0.5) is 0 Å². The number of halogens is 1. The van der Waals surface area contributed by atoms with E-state index in [1.807, 2.05) is 6.07 Å². The van der Waals surface area contributed by atoms with Gasteiger partial charge in [-0.05, 0) is 5.92 Å². The van der Waals surface area contributed by atoms with Crippen molar-refractivity contribution in [2.75, 3.05) is 60.0 Å². The zero-order valence-corrected chi connectivity index (χ0v) is 19.6. The minimum absolute atomic E-state index is 0. The fourth-order valence-corrected chi connectivity index (χ4v) is 2.85. The topological polar surface area (TPSA) is 95.2 Å². The van der Waals surface area contributed by atoms with Crippen LogP contribution in [-0.4, -0.2) is 86.9 Å². The molecule has 0 atom stereocenters. The SMILES string of the molecule is CN=C(NCc1cc(C(C)C)no1)N1CCN(CC(=O)NCCOC)CC1.I. The molecular weight excluding hydrogens is 475 g/mol. The van der Waals surface area contributed by atoms with Crippen LogP contribution in [0.1, 0.15) is 31.2 Å². The molecule has 28 heavy (non-hydrogen) atoms. The van der Waals surface area contributed by atoms with Crippen LogP contribution in [-0.2, 0) is 16.1 Å². The van der Waals surface area contributed by atoms with Gasteiger partial charge in [-0.25, -0.2) is 0 Å². The number of aromatic nitrogens is 1. The van der Waals surface area contributed by atoms with E-state index >= 15 is 0 Å². The van der Waals surface area contributed by atoms with Crippen LogP contribution in [0.5, 0.6) is 0 Å². The highest BCUT2D eigenvalue weighted by Crippen LogP contribution is 2.14. The molecule has 2 heterocycles. The van der Waals surface area contributed by atoms with Gasteiger partial charge in [0.1, 0.15) is 0 Å². The number of piperazine rings is 1. The van der Waals surface area contributed by atoms with Crippen molar-refractivity contribution in [3.63, 3.8) is 0 Å². The summed E-state index contributed by atoms with van der Waals surface area (Å²) in [5.41, 5.74) is 0.958. The first-order valence-corrected chi connectivity index (χ1v) is 9.42. The van der Waals surface area contributed by atoms with Crippen LogP contribution in [0, 0.1) is 0 Å². The summed E-state index contributed by atoms with van der Waals surface area (Å²) in [4.78, 5) is 20.6. The van der Waals surface area contributed by atoms with Crippen LogP contribution < -0.4 is 10.6 Å². The predicted octanol–water partition coefficient (Wildman–Crippen LogP) is 0.872. The molecule has 1 fully saturated rings. The van der Waals surface area contributed by atoms with Crippen molar-refractivity contribution < 1.29 is 14.1 Å². The predicted molar refractivity (Wildman–Crippen MR) is 119 cm³/mol. The molecule has 0 saturated carbocycles. The Kier molecular flexibility index (Phi) is 11.4. The van der Waals surface area contributed by atoms with Crippen molar-refractivity contribution in [2.24, 2.45) is 4.99 Å². The van der Waals surface area contributed by atoms with E-state index in [-0.39, 0.29) is 29.9 Å². The van der Waals surface area contributed by atoms with Gasteiger partial charge in [-0.1, -0.05) is 19.0 Å². The molecule has 2 N–H and O–H groups in total. The Balaban J connectivity index is 0.00000392. The molecule has 1 aromatic heterocycles. The first-order valence-electron chi connectivity index (χ1n) is 9.42. The number of carbonyl (C=O) groups is 1. The standard InChI is InChI=1S/C18H32N6O3.HI/c1-14(2)16-11-15(27-22-16)12-21-18(19-3)24-8-6-23(7-9-24)13-17(25)20-5-10-26-4;/h11,14H,5-10,12-13H2,1-4H3,(H,19,21)(H,20,25);1H. The van der Waals surface area contributed by atoms with E-state index in [0.717, 1.165) is 43.6 Å². The average molecular weight is 508 g/mol. The molecular formula is C18H33IN6O3. The fraction of sp³-hybridized carbons (Fsp3) is 0.722. The highest BCUT2D eigenvalue weighted by molar-refractivity contribution is 14.0. The number of hydrogen-bond donors (Lipinski definition) is 2. The third-order valence-electron chi connectivity index (χ3n) is 4.47. The van der Waals surface area contributed by atoms with Crippen LogP contribution >= 0.6 is 24.0 Å². The number of hydrogen-bond acceptors (Lipinski definition) is 6. The molecule has 0 aliphatic carbocycles. The Hall–Kier alpha value is -1.40. The van der Waals surface area contributed by atoms with Gasteiger partial charge in [-0.3, -0.25) is 14.7 Å². The van der Waals surface area contributed by atoms with Crippen LogP contribution in [0.2, 0.25) is 0 Å². The van der Waals surface area contributed by atoms with Crippen molar-refractivity contribution >= 4 is 35.8 Å². The maximum Gasteiger partial charge on any atom is 0.234 e. The molecule has 10 heteroatoms. The summed E-state index contributed by atoms with van der Waals surface area (Å²) in [6, 6.07) is 1.98. The molecule has 1 amide bonds. The molecule has 9 nitrogen and oxygen atoms in total. The molecule has 0 bridgehead atoms. The monoisotopic (exact) mass is 508 g/mol. The molecule has 0 unspecified atom stereocenters. The van der Waals surface area contributed by atoms with Gasteiger partial charge in [0.05, 0.1) is 25.4 Å². The molecule has 160 valence electrons. The Morgan fingerprint density at radius 2 is 2.04 bits per heavy atom. The quantitative estimate of drug-likeness (QED) is 0.233. The van der Waals surface area contributed by atoms with E-state index in [9.17, 15) is 4.79 Å². The Labute approximate surface area is 184 Å². The lowest BCUT2D eigenvalue weighted by Gasteiger charge is -2.36. The molecule has 0 spiro atoms. The number of guanidine groups is 1. The average Bonchev–Trinajstić information content (AvgIpc) is 3.13. The lowest BCUT2D eigenvalue weighted by atomic mass is 10.1. The summed E-state index contributed by atoms with van der Waals surface area (Å²) < 4.78 is 10.3. The van der Waals surface area contributed by atoms with E-state index < -0.39 is 0 Å². The highest BCUT2D eigenvalue weighted by atomic mass is 127. The maximum absolute atomic E-state index is 11.9. The first kappa shape index (κ1) is 24.6. The van der Waals surface area contributed by atoms with Gasteiger partial charge in [-0.2, -0.15) is 0 Å². The fourth-order valence-electron chi connectivity index (χ4n) is 2.85. The van der Waals surface area contributed by atoms with Crippen LogP contribution in [0.15, 0.2) is 15.6 Å². The summed E-state index contributed by atoms with van der Waals surface area (Å²) in [7, 11) is 3.40. The zero-order valence-electron chi connectivity index (χ0n) is 17.2. The van der Waals surface area contributed by atoms with Crippen molar-refractivity contribution in [3.05, 3.63) is 17.5 Å². The lowest BCUT2D eigenvalue weighted by Crippen LogP contribution is -2.54. The molecule has 0 aromatic carbocycles. The first-order chi connectivity index (χ1) is 13.0. The van der Waals surface area contributed by atoms with E-state index in [2.05, 4.69) is 44.4 Å². The third-order valence-corrected chi connectivity index (χ3v) is 4.47. The smallest absolute Gasteiger partial charge is 0.234 e. The van der Waals surface area contributed by atoms with Gasteiger partial charge >= 0.3 is 0 Å². The maximum atomic E-state index is 11.9. The van der Waals surface area contributed by atoms with Gasteiger partial charge in [0.25, 0.3) is 0 Å². The molecule has 1 aliphatic heterocycles. The molecule has 0 radical (unpaired) electrons. The highest BCUT2D eigenvalue weighted by Gasteiger charge is 2.21. The van der Waals surface area contributed by atoms with Crippen molar-refractivity contribution in [3.8, 4) is 0 Å². The normalized spacial score (nSPS) is 15.5. The number of nitrogens with one attached hydrogen (secondary N) is 2. The van der Waals surface area contributed by atoms with E-state index in [4.69, 9.17) is 9.26 Å². The van der Waals surface area contributed by atoms with E-state index in [0.29, 0.717) is 32.2 Å². The van der Waals surface area contributed by atoms with Gasteiger partial charge in [-0.15, -0.1) is 24.0 Å². The van der Waals surface area contributed by atoms with Crippen molar-refractivity contribution in [2.45, 2.75) is 26.3 Å². The second-order valence-corrected chi connectivity index (χ2v) is 6.88. The number of aliphatic imine (C=N–C) groups is 1. The largest absolute Gasteiger partial charge is 0.383 e. The number of methoxy groups -OCH3 is 1. The van der Waals surface area contributed by atoms with Crippen molar-refractivity contribution in [1.82, 2.24) is 25.6 Å². The van der Waals surface area contributed by atoms with Gasteiger partial charge in [0.2, 0.25) is 5.91 Å². The number of rotatable bonds is 8. The third kappa shape index (κ3) is 7.92. The minimum atomic E-state index is 0. The van der Waals surface area contributed by atoms with Crippen LogP contribution in [0.3, 0.4) is 0 Å². The summed E-state index contributed by atoms with van der Waals surface area (Å²) in [5.74, 6) is 2.02. The Morgan fingerprint density at radius 1 is 1.32 bits per heavy atom. The van der Waals surface area contributed by atoms with Gasteiger partial charge in [0.15, 0.2) is 11.7 Å². The summed E-state index contributed by atoms with van der Waals surface area (Å²) in [5, 5.41) is 10.3. The molecule has 1 saturated heterocycles. The minimum Gasteiger partial charge on any atom is -0.383 e. The summed E-state index contributed by atoms with van der Waals surface area (Å²) >= 11 is 0. The second-order valence-electron chi connectivity index (χ2n) is 6.88. The van der Waals surface area contributed by atoms with Gasteiger partial charge < -0.3 is 24.8 Å². The molecule has 2 rings (SSSR count). The summed E-state index contributed by atoms with van der Waals surface area (Å²) in [6.07, 6.45) is 0. The number of amides is 1. The second kappa shape index (κ2) is 12.9. The summed E-state index contributed by atoms with van der Waals surface area (Å²) in [6.45, 7) is 9.50. The number of nitrogens with zero attached hydrogens (tertiary/aromatic N) is 4. The number of carbonyl (C=O) groups excluding carboxylic acids is 1. The van der Waals surface area contributed by atoms with Crippen LogP contribution in [0.25, 0.3) is 0 Å². The van der Waals surface area contributed by atoms with E-state index in [1.165, 1.54) is 0 Å². The van der Waals surface area contributed by atoms with E-state index in [1.54, 1.807) is 14.2 Å². The van der Waals surface area contributed by atoms with Crippen molar-refractivity contribution in [1.29, 1.82) is 0 Å². The van der Waals surface area contributed by atoms with Gasteiger partial charge in [0, 0.05) is 52.9 Å². The zero-order chi connectivity index (χ0) is 19.6. The lowest BCUT2D eigenvalue weighted by molar-refractivity contribution is -0.122. The molecule has 1 aromatic rings. The number of ether oxygens (including phenoxy) is 1. The Morgan fingerprint density at radius 3 is 2.61 bits per heavy atom. The molecule has 1 aliphatic rings.